The number of aliphatic hydroxyl groups is 1. The highest BCUT2D eigenvalue weighted by Crippen LogP contribution is 2.29. The van der Waals surface area contributed by atoms with Crippen LogP contribution in [0.4, 0.5) is 5.69 Å². The van der Waals surface area contributed by atoms with E-state index in [9.17, 15) is 13.5 Å². The van der Waals surface area contributed by atoms with E-state index in [-0.39, 0.29) is 10.9 Å². The van der Waals surface area contributed by atoms with Crippen LogP contribution >= 0.6 is 0 Å². The molecule has 0 saturated heterocycles. The molecule has 19 heavy (non-hydrogen) atoms. The number of sulfonamides is 1. The maximum absolute atomic E-state index is 12.4. The molecular formula is C13H20N2O3S. The monoisotopic (exact) mass is 284 g/mol. The van der Waals surface area contributed by atoms with Crippen LogP contribution in [0, 0.1) is 20.8 Å². The van der Waals surface area contributed by atoms with E-state index in [0.29, 0.717) is 24.1 Å². The van der Waals surface area contributed by atoms with Gasteiger partial charge in [0.15, 0.2) is 0 Å². The summed E-state index contributed by atoms with van der Waals surface area (Å²) in [6.45, 7) is 5.34. The van der Waals surface area contributed by atoms with Gasteiger partial charge in [0, 0.05) is 11.7 Å². The molecule has 106 valence electrons. The number of rotatable bonds is 3. The smallest absolute Gasteiger partial charge is 0.241 e. The molecule has 6 heteroatoms. The highest BCUT2D eigenvalue weighted by molar-refractivity contribution is 7.89. The Labute approximate surface area is 113 Å². The van der Waals surface area contributed by atoms with E-state index in [1.165, 1.54) is 0 Å². The normalized spacial score (nSPS) is 23.2. The summed E-state index contributed by atoms with van der Waals surface area (Å²) in [5.41, 5.74) is 8.50. The minimum absolute atomic E-state index is 0.180. The van der Waals surface area contributed by atoms with Crippen molar-refractivity contribution in [2.75, 3.05) is 5.73 Å². The molecule has 0 amide bonds. The Balaban J connectivity index is 2.40. The zero-order valence-electron chi connectivity index (χ0n) is 11.4. The van der Waals surface area contributed by atoms with Gasteiger partial charge in [-0.15, -0.1) is 0 Å². The number of hydrogen-bond donors (Lipinski definition) is 3. The standard InChI is InChI=1S/C13H20N2O3S/c1-7-4-12(14)9(3)13(8(7)2)19(17,18)15-10-5-11(16)6-10/h4,10-11,15-16H,5-6,14H2,1-3H3. The highest BCUT2D eigenvalue weighted by atomic mass is 32.2. The minimum Gasteiger partial charge on any atom is -0.398 e. The summed E-state index contributed by atoms with van der Waals surface area (Å²) in [5.74, 6) is 0. The van der Waals surface area contributed by atoms with E-state index >= 15 is 0 Å². The van der Waals surface area contributed by atoms with Crippen molar-refractivity contribution < 1.29 is 13.5 Å². The largest absolute Gasteiger partial charge is 0.398 e. The van der Waals surface area contributed by atoms with Gasteiger partial charge in [-0.25, -0.2) is 13.1 Å². The van der Waals surface area contributed by atoms with Gasteiger partial charge in [-0.1, -0.05) is 0 Å². The van der Waals surface area contributed by atoms with Crippen LogP contribution in [0.2, 0.25) is 0 Å². The van der Waals surface area contributed by atoms with Crippen molar-refractivity contribution in [2.24, 2.45) is 0 Å². The van der Waals surface area contributed by atoms with Crippen LogP contribution in [-0.4, -0.2) is 25.7 Å². The van der Waals surface area contributed by atoms with Gasteiger partial charge in [0.1, 0.15) is 0 Å². The Morgan fingerprint density at radius 2 is 1.84 bits per heavy atom. The van der Waals surface area contributed by atoms with E-state index in [1.807, 2.05) is 6.92 Å². The highest BCUT2D eigenvalue weighted by Gasteiger charge is 2.32. The van der Waals surface area contributed by atoms with E-state index < -0.39 is 16.1 Å². The van der Waals surface area contributed by atoms with E-state index in [2.05, 4.69) is 4.72 Å². The third-order valence-corrected chi connectivity index (χ3v) is 5.57. The predicted molar refractivity (Wildman–Crippen MR) is 74.4 cm³/mol. The summed E-state index contributed by atoms with van der Waals surface area (Å²) in [4.78, 5) is 0.270. The van der Waals surface area contributed by atoms with Crippen LogP contribution in [-0.2, 0) is 10.0 Å². The molecule has 0 spiro atoms. The summed E-state index contributed by atoms with van der Waals surface area (Å²) in [6, 6.07) is 1.61. The van der Waals surface area contributed by atoms with Gasteiger partial charge < -0.3 is 10.8 Å². The first-order valence-electron chi connectivity index (χ1n) is 6.29. The Kier molecular flexibility index (Phi) is 3.59. The molecule has 0 bridgehead atoms. The Morgan fingerprint density at radius 3 is 2.37 bits per heavy atom. The fourth-order valence-electron chi connectivity index (χ4n) is 2.41. The number of nitrogen functional groups attached to an aromatic ring is 1. The van der Waals surface area contributed by atoms with Crippen molar-refractivity contribution in [1.29, 1.82) is 0 Å². The van der Waals surface area contributed by atoms with Crippen LogP contribution in [0.1, 0.15) is 29.5 Å². The Hall–Kier alpha value is -1.11. The van der Waals surface area contributed by atoms with Gasteiger partial charge in [-0.2, -0.15) is 0 Å². The molecule has 1 aliphatic carbocycles. The topological polar surface area (TPSA) is 92.4 Å². The van der Waals surface area contributed by atoms with E-state index in [0.717, 1.165) is 11.1 Å². The number of benzene rings is 1. The van der Waals surface area contributed by atoms with Gasteiger partial charge in [-0.3, -0.25) is 0 Å². The van der Waals surface area contributed by atoms with Crippen molar-refractivity contribution in [3.8, 4) is 0 Å². The molecule has 0 unspecified atom stereocenters. The van der Waals surface area contributed by atoms with Gasteiger partial charge in [-0.05, 0) is 56.4 Å². The molecule has 2 rings (SSSR count). The molecule has 0 atom stereocenters. The number of aryl methyl sites for hydroxylation is 1. The molecule has 1 saturated carbocycles. The number of nitrogens with two attached hydrogens (primary N) is 1. The zero-order valence-corrected chi connectivity index (χ0v) is 12.2. The predicted octanol–water partition coefficient (Wildman–Crippen LogP) is 0.996. The van der Waals surface area contributed by atoms with Gasteiger partial charge in [0.25, 0.3) is 0 Å². The summed E-state index contributed by atoms with van der Waals surface area (Å²) < 4.78 is 27.5. The van der Waals surface area contributed by atoms with Crippen molar-refractivity contribution in [2.45, 2.75) is 50.7 Å². The summed E-state index contributed by atoms with van der Waals surface area (Å²) >= 11 is 0. The van der Waals surface area contributed by atoms with Crippen LogP contribution in [0.5, 0.6) is 0 Å². The second-order valence-corrected chi connectivity index (χ2v) is 6.96. The molecule has 0 radical (unpaired) electrons. The number of aliphatic hydroxyl groups excluding tert-OH is 1. The average molecular weight is 284 g/mol. The van der Waals surface area contributed by atoms with E-state index in [4.69, 9.17) is 5.73 Å². The van der Waals surface area contributed by atoms with Crippen molar-refractivity contribution in [1.82, 2.24) is 4.72 Å². The number of anilines is 1. The Morgan fingerprint density at radius 1 is 1.26 bits per heavy atom. The second-order valence-electron chi connectivity index (χ2n) is 5.31. The van der Waals surface area contributed by atoms with Gasteiger partial charge >= 0.3 is 0 Å². The molecule has 4 N–H and O–H groups in total. The van der Waals surface area contributed by atoms with Crippen LogP contribution in [0.15, 0.2) is 11.0 Å². The summed E-state index contributed by atoms with van der Waals surface area (Å²) in [6.07, 6.45) is 0.550. The zero-order chi connectivity index (χ0) is 14.4. The molecule has 1 aliphatic rings. The van der Waals surface area contributed by atoms with Crippen molar-refractivity contribution in [3.63, 3.8) is 0 Å². The van der Waals surface area contributed by atoms with Crippen LogP contribution < -0.4 is 10.5 Å². The first kappa shape index (κ1) is 14.3. The lowest BCUT2D eigenvalue weighted by atomic mass is 9.91. The van der Waals surface area contributed by atoms with Crippen LogP contribution in [0.3, 0.4) is 0 Å². The lowest BCUT2D eigenvalue weighted by Gasteiger charge is -2.32. The minimum atomic E-state index is -3.59. The molecule has 1 aromatic carbocycles. The van der Waals surface area contributed by atoms with Crippen molar-refractivity contribution >= 4 is 15.7 Å². The second kappa shape index (κ2) is 4.77. The van der Waals surface area contributed by atoms with Crippen molar-refractivity contribution in [3.05, 3.63) is 22.8 Å². The van der Waals surface area contributed by atoms with Gasteiger partial charge in [0.2, 0.25) is 10.0 Å². The fraction of sp³-hybridized carbons (Fsp3) is 0.538. The lowest BCUT2D eigenvalue weighted by molar-refractivity contribution is 0.0712. The third-order valence-electron chi connectivity index (χ3n) is 3.78. The molecule has 0 aromatic heterocycles. The first-order valence-corrected chi connectivity index (χ1v) is 7.77. The number of nitrogens with one attached hydrogen (secondary N) is 1. The summed E-state index contributed by atoms with van der Waals surface area (Å²) in [5, 5.41) is 9.23. The van der Waals surface area contributed by atoms with Crippen LogP contribution in [0.25, 0.3) is 0 Å². The molecular weight excluding hydrogens is 264 g/mol. The first-order chi connectivity index (χ1) is 8.72. The molecule has 1 aromatic rings. The maximum Gasteiger partial charge on any atom is 0.241 e. The summed E-state index contributed by atoms with van der Waals surface area (Å²) in [7, 11) is -3.59. The molecule has 0 aliphatic heterocycles. The average Bonchev–Trinajstić information content (AvgIpc) is 2.24. The SMILES string of the molecule is Cc1cc(N)c(C)c(S(=O)(=O)NC2CC(O)C2)c1C. The molecule has 5 nitrogen and oxygen atoms in total. The number of hydrogen-bond acceptors (Lipinski definition) is 4. The molecule has 0 heterocycles. The van der Waals surface area contributed by atoms with Gasteiger partial charge in [0.05, 0.1) is 11.0 Å². The lowest BCUT2D eigenvalue weighted by Crippen LogP contribution is -2.46. The third kappa shape index (κ3) is 2.61. The Bertz CT molecular complexity index is 579. The molecule has 1 fully saturated rings. The maximum atomic E-state index is 12.4. The fourth-order valence-corrected chi connectivity index (χ4v) is 4.24. The quantitative estimate of drug-likeness (QED) is 0.722. The van der Waals surface area contributed by atoms with E-state index in [1.54, 1.807) is 19.9 Å².